The maximum Gasteiger partial charge on any atom is 0.194 e. The summed E-state index contributed by atoms with van der Waals surface area (Å²) >= 11 is 0. The second-order valence-electron chi connectivity index (χ2n) is 7.47. The van der Waals surface area contributed by atoms with Crippen LogP contribution in [0.3, 0.4) is 0 Å². The summed E-state index contributed by atoms with van der Waals surface area (Å²) in [5.41, 5.74) is 1.10. The number of likely N-dealkylation sites (tertiary alicyclic amines) is 1. The fourth-order valence-corrected chi connectivity index (χ4v) is 3.43. The lowest BCUT2D eigenvalue weighted by Gasteiger charge is -2.34. The molecule has 1 atom stereocenters. The Morgan fingerprint density at radius 3 is 2.43 bits per heavy atom. The van der Waals surface area contributed by atoms with Gasteiger partial charge in [0, 0.05) is 32.5 Å². The van der Waals surface area contributed by atoms with Crippen LogP contribution in [0.1, 0.15) is 25.3 Å². The zero-order chi connectivity index (χ0) is 21.0. The van der Waals surface area contributed by atoms with Gasteiger partial charge in [-0.15, -0.1) is 0 Å². The molecule has 2 N–H and O–H groups in total. The van der Waals surface area contributed by atoms with Crippen LogP contribution in [-0.4, -0.2) is 61.0 Å². The molecule has 3 rings (SSSR count). The van der Waals surface area contributed by atoms with E-state index in [1.165, 1.54) is 0 Å². The molecule has 0 bridgehead atoms. The summed E-state index contributed by atoms with van der Waals surface area (Å²) in [6.07, 6.45) is 1.49. The highest BCUT2D eigenvalue weighted by atomic mass is 16.5. The number of aliphatic hydroxyl groups excluding tert-OH is 1. The van der Waals surface area contributed by atoms with Gasteiger partial charge in [0.05, 0.1) is 25.9 Å². The first-order valence-electron chi connectivity index (χ1n) is 10.8. The van der Waals surface area contributed by atoms with Gasteiger partial charge in [-0.3, -0.25) is 4.99 Å². The van der Waals surface area contributed by atoms with Gasteiger partial charge < -0.3 is 24.8 Å². The average Bonchev–Trinajstić information content (AvgIpc) is 2.79. The van der Waals surface area contributed by atoms with E-state index in [4.69, 9.17) is 9.47 Å². The second-order valence-corrected chi connectivity index (χ2v) is 7.47. The van der Waals surface area contributed by atoms with Crippen molar-refractivity contribution >= 4 is 5.96 Å². The van der Waals surface area contributed by atoms with Gasteiger partial charge >= 0.3 is 0 Å². The van der Waals surface area contributed by atoms with E-state index in [1.54, 1.807) is 0 Å². The molecule has 1 fully saturated rings. The van der Waals surface area contributed by atoms with Crippen molar-refractivity contribution in [3.8, 4) is 5.75 Å². The SMILES string of the molecule is CCNC(=NCC(O)COCc1ccccc1)N1CCC(Oc2ccccc2)CC1. The number of rotatable bonds is 9. The molecule has 0 spiro atoms. The Morgan fingerprint density at radius 1 is 1.10 bits per heavy atom. The predicted molar refractivity (Wildman–Crippen MR) is 120 cm³/mol. The van der Waals surface area contributed by atoms with E-state index in [1.807, 2.05) is 60.7 Å². The number of hydrogen-bond donors (Lipinski definition) is 2. The Bertz CT molecular complexity index is 747. The molecule has 0 aliphatic carbocycles. The van der Waals surface area contributed by atoms with Gasteiger partial charge in [-0.1, -0.05) is 48.5 Å². The molecule has 0 aromatic heterocycles. The Hall–Kier alpha value is -2.57. The van der Waals surface area contributed by atoms with Crippen LogP contribution < -0.4 is 10.1 Å². The Balaban J connectivity index is 1.42. The van der Waals surface area contributed by atoms with E-state index in [-0.39, 0.29) is 12.7 Å². The minimum Gasteiger partial charge on any atom is -0.490 e. The van der Waals surface area contributed by atoms with Gasteiger partial charge in [0.2, 0.25) is 0 Å². The van der Waals surface area contributed by atoms with E-state index in [2.05, 4.69) is 22.1 Å². The second kappa shape index (κ2) is 12.2. The minimum atomic E-state index is -0.624. The van der Waals surface area contributed by atoms with Gasteiger partial charge in [0.25, 0.3) is 0 Å². The van der Waals surface area contributed by atoms with Gasteiger partial charge in [-0.2, -0.15) is 0 Å². The molecular formula is C24H33N3O3. The smallest absolute Gasteiger partial charge is 0.194 e. The predicted octanol–water partition coefficient (Wildman–Crippen LogP) is 3.07. The number of guanidine groups is 1. The van der Waals surface area contributed by atoms with Crippen LogP contribution in [0.4, 0.5) is 0 Å². The van der Waals surface area contributed by atoms with E-state index < -0.39 is 6.10 Å². The molecule has 1 aliphatic rings. The number of aliphatic imine (C=N–C) groups is 1. The molecule has 0 amide bonds. The molecule has 1 heterocycles. The van der Waals surface area contributed by atoms with Crippen molar-refractivity contribution in [3.63, 3.8) is 0 Å². The first-order valence-corrected chi connectivity index (χ1v) is 10.8. The van der Waals surface area contributed by atoms with Crippen molar-refractivity contribution in [2.75, 3.05) is 32.8 Å². The van der Waals surface area contributed by atoms with Crippen LogP contribution in [0.2, 0.25) is 0 Å². The summed E-state index contributed by atoms with van der Waals surface area (Å²) in [6.45, 7) is 5.69. The largest absolute Gasteiger partial charge is 0.490 e. The molecule has 1 unspecified atom stereocenters. The fraction of sp³-hybridized carbons (Fsp3) is 0.458. The standard InChI is InChI=1S/C24H33N3O3/c1-2-25-24(26-17-21(28)19-29-18-20-9-5-3-6-10-20)27-15-13-23(14-16-27)30-22-11-7-4-8-12-22/h3-12,21,23,28H,2,13-19H2,1H3,(H,25,26). The maximum atomic E-state index is 10.3. The van der Waals surface area contributed by atoms with Crippen LogP contribution in [0.5, 0.6) is 5.75 Å². The van der Waals surface area contributed by atoms with Crippen molar-refractivity contribution in [2.24, 2.45) is 4.99 Å². The number of nitrogens with zero attached hydrogens (tertiary/aromatic N) is 2. The fourth-order valence-electron chi connectivity index (χ4n) is 3.43. The van der Waals surface area contributed by atoms with E-state index >= 15 is 0 Å². The maximum absolute atomic E-state index is 10.3. The highest BCUT2D eigenvalue weighted by Crippen LogP contribution is 2.18. The lowest BCUT2D eigenvalue weighted by Crippen LogP contribution is -2.47. The zero-order valence-electron chi connectivity index (χ0n) is 17.7. The number of nitrogens with one attached hydrogen (secondary N) is 1. The molecule has 6 nitrogen and oxygen atoms in total. The van der Waals surface area contributed by atoms with Crippen LogP contribution >= 0.6 is 0 Å². The summed E-state index contributed by atoms with van der Waals surface area (Å²) in [6, 6.07) is 20.0. The Labute approximate surface area is 179 Å². The first-order chi connectivity index (χ1) is 14.7. The molecule has 30 heavy (non-hydrogen) atoms. The van der Waals surface area contributed by atoms with Gasteiger partial charge in [-0.05, 0) is 24.6 Å². The summed E-state index contributed by atoms with van der Waals surface area (Å²) in [4.78, 5) is 6.87. The molecule has 162 valence electrons. The van der Waals surface area contributed by atoms with Gasteiger partial charge in [-0.25, -0.2) is 0 Å². The topological polar surface area (TPSA) is 66.3 Å². The third-order valence-electron chi connectivity index (χ3n) is 5.00. The van der Waals surface area contributed by atoms with Gasteiger partial charge in [0.1, 0.15) is 11.9 Å². The van der Waals surface area contributed by atoms with Crippen LogP contribution in [0.15, 0.2) is 65.7 Å². The van der Waals surface area contributed by atoms with Crippen molar-refractivity contribution in [3.05, 3.63) is 66.2 Å². The highest BCUT2D eigenvalue weighted by Gasteiger charge is 2.23. The molecule has 1 saturated heterocycles. The Kier molecular flexibility index (Phi) is 9.00. The number of ether oxygens (including phenoxy) is 2. The number of piperidine rings is 1. The summed E-state index contributed by atoms with van der Waals surface area (Å²) < 4.78 is 11.7. The monoisotopic (exact) mass is 411 g/mol. The molecule has 2 aromatic rings. The van der Waals surface area contributed by atoms with Gasteiger partial charge in [0.15, 0.2) is 5.96 Å². The zero-order valence-corrected chi connectivity index (χ0v) is 17.7. The quantitative estimate of drug-likeness (QED) is 0.490. The number of benzene rings is 2. The Morgan fingerprint density at radius 2 is 1.77 bits per heavy atom. The molecular weight excluding hydrogens is 378 g/mol. The van der Waals surface area contributed by atoms with Crippen molar-refractivity contribution < 1.29 is 14.6 Å². The third kappa shape index (κ3) is 7.35. The van der Waals surface area contributed by atoms with Crippen LogP contribution in [0.25, 0.3) is 0 Å². The lowest BCUT2D eigenvalue weighted by atomic mass is 10.1. The number of hydrogen-bond acceptors (Lipinski definition) is 4. The van der Waals surface area contributed by atoms with Crippen molar-refractivity contribution in [1.82, 2.24) is 10.2 Å². The number of aliphatic hydroxyl groups is 1. The number of para-hydroxylation sites is 1. The first kappa shape index (κ1) is 22.1. The van der Waals surface area contributed by atoms with Crippen LogP contribution in [-0.2, 0) is 11.3 Å². The van der Waals surface area contributed by atoms with E-state index in [9.17, 15) is 5.11 Å². The molecule has 0 saturated carbocycles. The lowest BCUT2D eigenvalue weighted by molar-refractivity contribution is 0.0329. The van der Waals surface area contributed by atoms with E-state index in [0.29, 0.717) is 13.2 Å². The summed E-state index contributed by atoms with van der Waals surface area (Å²) in [5.74, 6) is 1.77. The average molecular weight is 412 g/mol. The summed E-state index contributed by atoms with van der Waals surface area (Å²) in [5, 5.41) is 13.6. The summed E-state index contributed by atoms with van der Waals surface area (Å²) in [7, 11) is 0. The molecule has 0 radical (unpaired) electrons. The van der Waals surface area contributed by atoms with Crippen molar-refractivity contribution in [1.29, 1.82) is 0 Å². The molecule has 6 heteroatoms. The molecule has 2 aromatic carbocycles. The minimum absolute atomic E-state index is 0.225. The van der Waals surface area contributed by atoms with Crippen LogP contribution in [0, 0.1) is 0 Å². The highest BCUT2D eigenvalue weighted by molar-refractivity contribution is 5.80. The normalized spacial score (nSPS) is 16.3. The third-order valence-corrected chi connectivity index (χ3v) is 5.00. The van der Waals surface area contributed by atoms with E-state index in [0.717, 1.165) is 49.7 Å². The van der Waals surface area contributed by atoms with Crippen molar-refractivity contribution in [2.45, 2.75) is 38.6 Å². The molecule has 1 aliphatic heterocycles.